The molecule has 1 aromatic heterocycles. The van der Waals surface area contributed by atoms with E-state index in [0.29, 0.717) is 19.0 Å². The Morgan fingerprint density at radius 3 is 3.18 bits per heavy atom. The summed E-state index contributed by atoms with van der Waals surface area (Å²) in [7, 11) is 1.89. The van der Waals surface area contributed by atoms with Gasteiger partial charge in [-0.15, -0.1) is 0 Å². The summed E-state index contributed by atoms with van der Waals surface area (Å²) in [4.78, 5) is 14.5. The fourth-order valence-electron chi connectivity index (χ4n) is 3.91. The molecule has 1 aromatic rings. The first-order chi connectivity index (χ1) is 10.6. The number of aryl methyl sites for hydroxylation is 2. The third-order valence-electron chi connectivity index (χ3n) is 5.23. The quantitative estimate of drug-likeness (QED) is 0.840. The number of piperidine rings is 2. The van der Waals surface area contributed by atoms with E-state index in [-0.39, 0.29) is 17.9 Å². The van der Waals surface area contributed by atoms with Gasteiger partial charge in [0.25, 0.3) is 0 Å². The molecule has 6 heteroatoms. The lowest BCUT2D eigenvalue weighted by Crippen LogP contribution is -2.62. The number of hydrogen-bond donors (Lipinski definition) is 2. The minimum atomic E-state index is -0.138. The van der Waals surface area contributed by atoms with Gasteiger partial charge in [0.1, 0.15) is 0 Å². The van der Waals surface area contributed by atoms with Gasteiger partial charge in [0, 0.05) is 44.2 Å². The zero-order valence-corrected chi connectivity index (χ0v) is 13.3. The normalized spacial score (nSPS) is 28.5. The topological polar surface area (TPSA) is 70.4 Å². The fraction of sp³-hybridized carbons (Fsp3) is 0.750. The molecule has 2 saturated heterocycles. The van der Waals surface area contributed by atoms with E-state index in [2.05, 4.69) is 10.4 Å². The summed E-state index contributed by atoms with van der Waals surface area (Å²) < 4.78 is 1.76. The van der Waals surface area contributed by atoms with Gasteiger partial charge in [0.2, 0.25) is 5.91 Å². The predicted octanol–water partition coefficient (Wildman–Crippen LogP) is 0.316. The molecule has 0 spiro atoms. The van der Waals surface area contributed by atoms with E-state index in [1.54, 1.807) is 4.68 Å². The second kappa shape index (κ2) is 6.38. The predicted molar refractivity (Wildman–Crippen MR) is 83.3 cm³/mol. The molecule has 2 atom stereocenters. The molecule has 0 bridgehead atoms. The summed E-state index contributed by atoms with van der Waals surface area (Å²) in [6, 6.07) is 0.355. The Morgan fingerprint density at radius 2 is 2.45 bits per heavy atom. The number of rotatable bonds is 4. The molecule has 6 nitrogen and oxygen atoms in total. The number of carbonyl (C=O) groups excluding carboxylic acids is 1. The van der Waals surface area contributed by atoms with E-state index < -0.39 is 0 Å². The van der Waals surface area contributed by atoms with Crippen molar-refractivity contribution in [3.8, 4) is 0 Å². The first-order valence-electron chi connectivity index (χ1n) is 8.22. The molecule has 0 aromatic carbocycles. The maximum Gasteiger partial charge on any atom is 0.222 e. The van der Waals surface area contributed by atoms with Crippen LogP contribution >= 0.6 is 0 Å². The first-order valence-corrected chi connectivity index (χ1v) is 8.22. The lowest BCUT2D eigenvalue weighted by Gasteiger charge is -2.50. The molecule has 2 aliphatic heterocycles. The van der Waals surface area contributed by atoms with E-state index in [0.717, 1.165) is 44.3 Å². The monoisotopic (exact) mass is 306 g/mol. The highest BCUT2D eigenvalue weighted by Crippen LogP contribution is 2.37. The molecule has 2 aliphatic rings. The molecule has 0 saturated carbocycles. The van der Waals surface area contributed by atoms with Crippen LogP contribution in [0.5, 0.6) is 0 Å². The van der Waals surface area contributed by atoms with Gasteiger partial charge in [-0.3, -0.25) is 9.48 Å². The molecule has 0 unspecified atom stereocenters. The number of aliphatic hydroxyl groups excluding tert-OH is 1. The van der Waals surface area contributed by atoms with Crippen molar-refractivity contribution in [1.29, 1.82) is 0 Å². The van der Waals surface area contributed by atoms with Gasteiger partial charge in [0.05, 0.1) is 12.8 Å². The fourth-order valence-corrected chi connectivity index (χ4v) is 3.91. The Bertz CT molecular complexity index is 530. The molecule has 22 heavy (non-hydrogen) atoms. The SMILES string of the molecule is Cn1cc(CCC(=O)N2CC[C@@H]3NCCC[C@@]3(CO)C2)cn1. The Balaban J connectivity index is 1.59. The Hall–Kier alpha value is -1.40. The zero-order chi connectivity index (χ0) is 15.6. The van der Waals surface area contributed by atoms with Gasteiger partial charge in [-0.2, -0.15) is 5.10 Å². The van der Waals surface area contributed by atoms with Gasteiger partial charge in [0.15, 0.2) is 0 Å². The molecular weight excluding hydrogens is 280 g/mol. The summed E-state index contributed by atoms with van der Waals surface area (Å²) in [6.07, 6.45) is 8.06. The second-order valence-electron chi connectivity index (χ2n) is 6.76. The standard InChI is InChI=1S/C16H26N4O2/c1-19-10-13(9-18-19)3-4-15(22)20-8-5-14-16(11-20,12-21)6-2-7-17-14/h9-10,14,17,21H,2-8,11-12H2,1H3/t14-,16-/m0/s1. The van der Waals surface area contributed by atoms with Gasteiger partial charge < -0.3 is 15.3 Å². The average Bonchev–Trinajstić information content (AvgIpc) is 2.97. The summed E-state index contributed by atoms with van der Waals surface area (Å²) in [5, 5.41) is 17.6. The van der Waals surface area contributed by atoms with Crippen molar-refractivity contribution < 1.29 is 9.90 Å². The summed E-state index contributed by atoms with van der Waals surface area (Å²) >= 11 is 0. The van der Waals surface area contributed by atoms with E-state index >= 15 is 0 Å². The Labute approximate surface area is 131 Å². The largest absolute Gasteiger partial charge is 0.396 e. The minimum absolute atomic E-state index is 0.138. The van der Waals surface area contributed by atoms with Crippen molar-refractivity contribution in [3.63, 3.8) is 0 Å². The van der Waals surface area contributed by atoms with Gasteiger partial charge in [-0.1, -0.05) is 0 Å². The maximum absolute atomic E-state index is 12.5. The Morgan fingerprint density at radius 1 is 1.59 bits per heavy atom. The third-order valence-corrected chi connectivity index (χ3v) is 5.23. The highest BCUT2D eigenvalue weighted by Gasteiger charge is 2.45. The second-order valence-corrected chi connectivity index (χ2v) is 6.76. The molecule has 0 radical (unpaired) electrons. The van der Waals surface area contributed by atoms with Crippen LogP contribution in [0.2, 0.25) is 0 Å². The lowest BCUT2D eigenvalue weighted by molar-refractivity contribution is -0.137. The number of aromatic nitrogens is 2. The van der Waals surface area contributed by atoms with Crippen molar-refractivity contribution in [2.75, 3.05) is 26.2 Å². The van der Waals surface area contributed by atoms with Crippen molar-refractivity contribution in [2.45, 2.75) is 38.1 Å². The van der Waals surface area contributed by atoms with Crippen molar-refractivity contribution in [2.24, 2.45) is 12.5 Å². The number of nitrogens with one attached hydrogen (secondary N) is 1. The molecule has 3 heterocycles. The van der Waals surface area contributed by atoms with Crippen LogP contribution in [0.4, 0.5) is 0 Å². The van der Waals surface area contributed by atoms with Crippen molar-refractivity contribution in [1.82, 2.24) is 20.0 Å². The minimum Gasteiger partial charge on any atom is -0.396 e. The lowest BCUT2D eigenvalue weighted by atomic mass is 9.70. The molecule has 2 fully saturated rings. The number of hydrogen-bond acceptors (Lipinski definition) is 4. The van der Waals surface area contributed by atoms with Gasteiger partial charge >= 0.3 is 0 Å². The van der Waals surface area contributed by atoms with Crippen LogP contribution < -0.4 is 5.32 Å². The Kier molecular flexibility index (Phi) is 4.49. The molecule has 122 valence electrons. The number of nitrogens with zero attached hydrogens (tertiary/aromatic N) is 3. The van der Waals surface area contributed by atoms with Gasteiger partial charge in [-0.25, -0.2) is 0 Å². The number of carbonyl (C=O) groups is 1. The number of amides is 1. The zero-order valence-electron chi connectivity index (χ0n) is 13.3. The average molecular weight is 306 g/mol. The van der Waals surface area contributed by atoms with Crippen LogP contribution in [-0.4, -0.2) is 58.0 Å². The van der Waals surface area contributed by atoms with E-state index in [9.17, 15) is 9.90 Å². The van der Waals surface area contributed by atoms with Crippen LogP contribution in [0.1, 0.15) is 31.2 Å². The number of aliphatic hydroxyl groups is 1. The maximum atomic E-state index is 12.5. The summed E-state index contributed by atoms with van der Waals surface area (Å²) in [6.45, 7) is 2.68. The summed E-state index contributed by atoms with van der Waals surface area (Å²) in [5.41, 5.74) is 0.961. The highest BCUT2D eigenvalue weighted by atomic mass is 16.3. The molecule has 3 rings (SSSR count). The molecule has 2 N–H and O–H groups in total. The van der Waals surface area contributed by atoms with Gasteiger partial charge in [-0.05, 0) is 37.8 Å². The van der Waals surface area contributed by atoms with Crippen LogP contribution in [0, 0.1) is 5.41 Å². The third kappa shape index (κ3) is 3.03. The van der Waals surface area contributed by atoms with E-state index in [4.69, 9.17) is 0 Å². The highest BCUT2D eigenvalue weighted by molar-refractivity contribution is 5.76. The van der Waals surface area contributed by atoms with Crippen LogP contribution in [0.3, 0.4) is 0 Å². The molecule has 1 amide bonds. The summed E-state index contributed by atoms with van der Waals surface area (Å²) in [5.74, 6) is 0.195. The van der Waals surface area contributed by atoms with Crippen molar-refractivity contribution >= 4 is 5.91 Å². The molecule has 0 aliphatic carbocycles. The number of fused-ring (bicyclic) bond motifs is 1. The smallest absolute Gasteiger partial charge is 0.222 e. The van der Waals surface area contributed by atoms with E-state index in [1.165, 1.54) is 0 Å². The van der Waals surface area contributed by atoms with Crippen LogP contribution in [0.25, 0.3) is 0 Å². The number of likely N-dealkylation sites (tertiary alicyclic amines) is 1. The molecular formula is C16H26N4O2. The van der Waals surface area contributed by atoms with E-state index in [1.807, 2.05) is 24.3 Å². The van der Waals surface area contributed by atoms with Crippen molar-refractivity contribution in [3.05, 3.63) is 18.0 Å². The van der Waals surface area contributed by atoms with Crippen LogP contribution in [-0.2, 0) is 18.3 Å². The van der Waals surface area contributed by atoms with Crippen LogP contribution in [0.15, 0.2) is 12.4 Å². The first kappa shape index (κ1) is 15.5.